The fraction of sp³-hybridized carbons (Fsp3) is 0.520. The number of amides is 1. The number of unbranched alkanes of at least 4 members (excludes halogenated alkanes) is 3. The number of nitrogens with one attached hydrogen (secondary N) is 1. The molecule has 0 aliphatic heterocycles. The average Bonchev–Trinajstić information content (AvgIpc) is 2.73. The zero-order chi connectivity index (χ0) is 26.2. The van der Waals surface area contributed by atoms with Gasteiger partial charge in [0.1, 0.15) is 11.3 Å². The first kappa shape index (κ1) is 28.1. The van der Waals surface area contributed by atoms with Crippen molar-refractivity contribution in [3.8, 4) is 0 Å². The fourth-order valence-corrected chi connectivity index (χ4v) is 3.44. The predicted octanol–water partition coefficient (Wildman–Crippen LogP) is 5.88. The number of aromatic nitrogens is 2. The van der Waals surface area contributed by atoms with Gasteiger partial charge in [0.2, 0.25) is 0 Å². The van der Waals surface area contributed by atoms with E-state index in [0.29, 0.717) is 24.3 Å². The molecule has 0 unspecified atom stereocenters. The van der Waals surface area contributed by atoms with Gasteiger partial charge in [-0.2, -0.15) is 13.2 Å². The van der Waals surface area contributed by atoms with Crippen LogP contribution in [-0.2, 0) is 10.9 Å². The quantitative estimate of drug-likeness (QED) is 0.335. The van der Waals surface area contributed by atoms with Gasteiger partial charge in [0.05, 0.1) is 11.0 Å². The van der Waals surface area contributed by atoms with Gasteiger partial charge in [-0.15, -0.1) is 0 Å². The smallest absolute Gasteiger partial charge is 0.435 e. The molecule has 3 N–H and O–H groups in total. The van der Waals surface area contributed by atoms with Crippen molar-refractivity contribution < 1.29 is 22.7 Å². The number of fused-ring (bicyclic) bond motifs is 1. The Morgan fingerprint density at radius 1 is 1.03 bits per heavy atom. The third kappa shape index (κ3) is 8.84. The summed E-state index contributed by atoms with van der Waals surface area (Å²) in [5.41, 5.74) is 5.30. The van der Waals surface area contributed by atoms with Crippen LogP contribution in [0.1, 0.15) is 71.7 Å². The number of nitrogens with two attached hydrogens (primary N) is 1. The molecule has 1 amide bonds. The number of hydrogen-bond donors (Lipinski definition) is 2. The lowest BCUT2D eigenvalue weighted by atomic mass is 10.0. The predicted molar refractivity (Wildman–Crippen MR) is 132 cm³/mol. The molecule has 1 aromatic carbocycles. The van der Waals surface area contributed by atoms with Crippen molar-refractivity contribution in [1.29, 1.82) is 0 Å². The molecular formula is C25H34F3N5O2. The molecule has 0 saturated carbocycles. The number of hydrogen-bond acceptors (Lipinski definition) is 6. The number of nitrogens with zero attached hydrogens (tertiary/aromatic N) is 3. The summed E-state index contributed by atoms with van der Waals surface area (Å²) in [6, 6.07) is 6.41. The van der Waals surface area contributed by atoms with Crippen molar-refractivity contribution in [2.24, 2.45) is 10.7 Å². The molecule has 2 aromatic rings. The molecule has 0 fully saturated rings. The van der Waals surface area contributed by atoms with Crippen molar-refractivity contribution in [2.45, 2.75) is 72.1 Å². The highest BCUT2D eigenvalue weighted by Gasteiger charge is 2.38. The number of allylic oxidation sites excluding steroid dienone is 2. The highest BCUT2D eigenvalue weighted by molar-refractivity contribution is 6.23. The first-order valence-electron chi connectivity index (χ1n) is 11.6. The summed E-state index contributed by atoms with van der Waals surface area (Å²) < 4.78 is 46.6. The fourth-order valence-electron chi connectivity index (χ4n) is 3.44. The summed E-state index contributed by atoms with van der Waals surface area (Å²) in [6.07, 6.45) is -1.87. The molecule has 0 aliphatic carbocycles. The number of alkyl carbamates (subject to hydrolysis) is 1. The monoisotopic (exact) mass is 493 g/mol. The van der Waals surface area contributed by atoms with E-state index in [2.05, 4.69) is 20.3 Å². The maximum Gasteiger partial charge on any atom is 0.435 e. The number of carbonyl (C=O) groups excluding carboxylic acids is 1. The van der Waals surface area contributed by atoms with Crippen molar-refractivity contribution in [2.75, 3.05) is 13.1 Å². The van der Waals surface area contributed by atoms with E-state index in [4.69, 9.17) is 10.5 Å². The van der Waals surface area contributed by atoms with Crippen LogP contribution in [0.25, 0.3) is 16.6 Å². The van der Waals surface area contributed by atoms with Crippen molar-refractivity contribution in [3.63, 3.8) is 0 Å². The number of alkyl halides is 3. The van der Waals surface area contributed by atoms with Gasteiger partial charge in [-0.1, -0.05) is 25.0 Å². The Bertz CT molecular complexity index is 1080. The normalized spacial score (nSPS) is 13.5. The van der Waals surface area contributed by atoms with Gasteiger partial charge in [0.25, 0.3) is 0 Å². The summed E-state index contributed by atoms with van der Waals surface area (Å²) in [5.74, 6) is 0. The molecule has 0 saturated heterocycles. The summed E-state index contributed by atoms with van der Waals surface area (Å²) in [7, 11) is 0. The van der Waals surface area contributed by atoms with Crippen LogP contribution in [0.3, 0.4) is 0 Å². The molecule has 0 radical (unpaired) electrons. The number of benzene rings is 1. The zero-order valence-electron chi connectivity index (χ0n) is 20.9. The van der Waals surface area contributed by atoms with Crippen LogP contribution in [0, 0.1) is 0 Å². The minimum Gasteiger partial charge on any atom is -0.444 e. The van der Waals surface area contributed by atoms with E-state index < -0.39 is 23.6 Å². The Morgan fingerprint density at radius 3 is 2.20 bits per heavy atom. The SMILES string of the molecule is CC(=NCCCCCCNC(=O)OC(C)(C)C)C(=C(C)N)c1nc2ccccc2nc1C(F)(F)F. The Hall–Kier alpha value is -3.17. The number of para-hydroxylation sites is 2. The number of rotatable bonds is 9. The topological polar surface area (TPSA) is 102 Å². The molecule has 10 heteroatoms. The second-order valence-electron chi connectivity index (χ2n) is 9.28. The number of halogens is 3. The maximum atomic E-state index is 13.8. The minimum absolute atomic E-state index is 0.150. The summed E-state index contributed by atoms with van der Waals surface area (Å²) >= 11 is 0. The third-order valence-corrected chi connectivity index (χ3v) is 4.93. The van der Waals surface area contributed by atoms with Gasteiger partial charge >= 0.3 is 12.3 Å². The van der Waals surface area contributed by atoms with E-state index >= 15 is 0 Å². The van der Waals surface area contributed by atoms with Gasteiger partial charge in [-0.05, 0) is 59.6 Å². The zero-order valence-corrected chi connectivity index (χ0v) is 20.9. The number of carbonyl (C=O) groups is 1. The molecule has 1 aromatic heterocycles. The highest BCUT2D eigenvalue weighted by Crippen LogP contribution is 2.35. The van der Waals surface area contributed by atoms with Crippen LogP contribution in [-0.4, -0.2) is 40.5 Å². The van der Waals surface area contributed by atoms with Gasteiger partial charge in [0, 0.05) is 30.1 Å². The second-order valence-corrected chi connectivity index (χ2v) is 9.28. The van der Waals surface area contributed by atoms with Crippen LogP contribution in [0.4, 0.5) is 18.0 Å². The van der Waals surface area contributed by atoms with Gasteiger partial charge < -0.3 is 15.8 Å². The summed E-state index contributed by atoms with van der Waals surface area (Å²) in [6.45, 7) is 9.52. The van der Waals surface area contributed by atoms with E-state index in [1.54, 1.807) is 45.9 Å². The highest BCUT2D eigenvalue weighted by atomic mass is 19.4. The first-order chi connectivity index (χ1) is 16.3. The lowest BCUT2D eigenvalue weighted by Gasteiger charge is -2.19. The Kier molecular flexibility index (Phi) is 9.62. The Morgan fingerprint density at radius 2 is 1.63 bits per heavy atom. The first-order valence-corrected chi connectivity index (χ1v) is 11.6. The van der Waals surface area contributed by atoms with E-state index in [1.807, 2.05) is 0 Å². The third-order valence-electron chi connectivity index (χ3n) is 4.93. The Labute approximate surface area is 204 Å². The Balaban J connectivity index is 2.01. The number of aliphatic imine (C=N–C) groups is 1. The lowest BCUT2D eigenvalue weighted by Crippen LogP contribution is -2.32. The van der Waals surface area contributed by atoms with Gasteiger partial charge in [-0.3, -0.25) is 4.99 Å². The van der Waals surface area contributed by atoms with Crippen LogP contribution >= 0.6 is 0 Å². The molecule has 35 heavy (non-hydrogen) atoms. The average molecular weight is 494 g/mol. The van der Waals surface area contributed by atoms with Crippen LogP contribution in [0.5, 0.6) is 0 Å². The molecule has 0 atom stereocenters. The van der Waals surface area contributed by atoms with E-state index in [1.165, 1.54) is 13.0 Å². The number of ether oxygens (including phenoxy) is 1. The van der Waals surface area contributed by atoms with Crippen LogP contribution < -0.4 is 11.1 Å². The molecule has 2 rings (SSSR count). The van der Waals surface area contributed by atoms with E-state index in [-0.39, 0.29) is 22.5 Å². The molecule has 0 bridgehead atoms. The van der Waals surface area contributed by atoms with E-state index in [9.17, 15) is 18.0 Å². The van der Waals surface area contributed by atoms with Gasteiger partial charge in [0.15, 0.2) is 5.69 Å². The van der Waals surface area contributed by atoms with Crippen LogP contribution in [0.15, 0.2) is 35.0 Å². The van der Waals surface area contributed by atoms with Crippen molar-refractivity contribution in [1.82, 2.24) is 15.3 Å². The minimum atomic E-state index is -4.69. The standard InChI is InChI=1S/C25H34F3N5O2/c1-16(29)20(21-22(25(26,27)28)33-19-13-9-8-12-18(19)32-21)17(2)30-14-10-6-7-11-15-31-23(34)35-24(3,4)5/h8-9,12-13H,6-7,10-11,14-15,29H2,1-5H3,(H,31,34). The van der Waals surface area contributed by atoms with Crippen molar-refractivity contribution in [3.05, 3.63) is 41.4 Å². The molecule has 7 nitrogen and oxygen atoms in total. The van der Waals surface area contributed by atoms with Crippen molar-refractivity contribution >= 4 is 28.4 Å². The molecule has 0 spiro atoms. The molecular weight excluding hydrogens is 459 g/mol. The second kappa shape index (κ2) is 12.0. The van der Waals surface area contributed by atoms with Crippen LogP contribution in [0.2, 0.25) is 0 Å². The molecule has 1 heterocycles. The summed E-state index contributed by atoms with van der Waals surface area (Å²) in [5, 5.41) is 2.71. The maximum absolute atomic E-state index is 13.8. The lowest BCUT2D eigenvalue weighted by molar-refractivity contribution is -0.141. The van der Waals surface area contributed by atoms with Gasteiger partial charge in [-0.25, -0.2) is 14.8 Å². The summed E-state index contributed by atoms with van der Waals surface area (Å²) in [4.78, 5) is 24.2. The molecule has 192 valence electrons. The van der Waals surface area contributed by atoms with E-state index in [0.717, 1.165) is 25.7 Å². The largest absolute Gasteiger partial charge is 0.444 e. The molecule has 0 aliphatic rings.